The van der Waals surface area contributed by atoms with E-state index >= 15 is 0 Å². The van der Waals surface area contributed by atoms with Crippen LogP contribution in [0.4, 0.5) is 0 Å². The lowest BCUT2D eigenvalue weighted by atomic mass is 9.85. The molecule has 0 saturated heterocycles. The van der Waals surface area contributed by atoms with Crippen LogP contribution < -0.4 is 11.1 Å². The first-order valence-electron chi connectivity index (χ1n) is 5.31. The Kier molecular flexibility index (Phi) is 4.08. The zero-order valence-corrected chi connectivity index (χ0v) is 8.79. The number of carboxylic acids is 1. The van der Waals surface area contributed by atoms with Gasteiger partial charge in [0.2, 0.25) is 5.91 Å². The minimum atomic E-state index is -0.900. The summed E-state index contributed by atoms with van der Waals surface area (Å²) in [7, 11) is 0. The van der Waals surface area contributed by atoms with Gasteiger partial charge in [0, 0.05) is 13.1 Å². The van der Waals surface area contributed by atoms with Crippen molar-refractivity contribution in [2.45, 2.75) is 32.1 Å². The predicted molar refractivity (Wildman–Crippen MR) is 55.2 cm³/mol. The molecule has 5 nitrogen and oxygen atoms in total. The van der Waals surface area contributed by atoms with Crippen LogP contribution in [0.3, 0.4) is 0 Å². The summed E-state index contributed by atoms with van der Waals surface area (Å²) in [6, 6.07) is 0. The maximum Gasteiger partial charge on any atom is 0.305 e. The van der Waals surface area contributed by atoms with Gasteiger partial charge in [-0.2, -0.15) is 0 Å². The maximum absolute atomic E-state index is 11.8. The molecule has 0 heterocycles. The van der Waals surface area contributed by atoms with Gasteiger partial charge in [-0.25, -0.2) is 0 Å². The highest BCUT2D eigenvalue weighted by Crippen LogP contribution is 2.37. The van der Waals surface area contributed by atoms with Crippen LogP contribution in [-0.2, 0) is 9.59 Å². The quantitative estimate of drug-likeness (QED) is 0.605. The summed E-state index contributed by atoms with van der Waals surface area (Å²) in [5.41, 5.74) is 5.19. The Hall–Kier alpha value is -1.10. The van der Waals surface area contributed by atoms with Gasteiger partial charge in [-0.15, -0.1) is 0 Å². The first-order chi connectivity index (χ1) is 7.10. The molecule has 5 heteroatoms. The molecule has 86 valence electrons. The molecule has 15 heavy (non-hydrogen) atoms. The van der Waals surface area contributed by atoms with Crippen molar-refractivity contribution in [1.29, 1.82) is 0 Å². The van der Waals surface area contributed by atoms with Gasteiger partial charge < -0.3 is 16.2 Å². The molecule has 0 spiro atoms. The Morgan fingerprint density at radius 1 is 1.33 bits per heavy atom. The second-order valence-electron chi connectivity index (χ2n) is 4.09. The number of carbonyl (C=O) groups excluding carboxylic acids is 1. The van der Waals surface area contributed by atoms with Crippen LogP contribution >= 0.6 is 0 Å². The van der Waals surface area contributed by atoms with E-state index in [0.29, 0.717) is 6.54 Å². The number of carbonyl (C=O) groups is 2. The molecular weight excluding hydrogens is 196 g/mol. The fraction of sp³-hybridized carbons (Fsp3) is 0.800. The van der Waals surface area contributed by atoms with Crippen molar-refractivity contribution < 1.29 is 14.7 Å². The number of rotatable bonds is 5. The van der Waals surface area contributed by atoms with Crippen molar-refractivity contribution in [1.82, 2.24) is 5.32 Å². The van der Waals surface area contributed by atoms with Crippen LogP contribution in [0.25, 0.3) is 0 Å². The molecule has 1 aliphatic rings. The van der Waals surface area contributed by atoms with Gasteiger partial charge in [0.1, 0.15) is 0 Å². The maximum atomic E-state index is 11.8. The largest absolute Gasteiger partial charge is 0.481 e. The monoisotopic (exact) mass is 214 g/mol. The average Bonchev–Trinajstić information content (AvgIpc) is 2.66. The molecule has 0 radical (unpaired) electrons. The van der Waals surface area contributed by atoms with E-state index in [2.05, 4.69) is 5.32 Å². The predicted octanol–water partition coefficient (Wildman–Crippen LogP) is 0.0964. The highest BCUT2D eigenvalue weighted by Gasteiger charge is 2.39. The molecule has 1 aliphatic carbocycles. The summed E-state index contributed by atoms with van der Waals surface area (Å²) in [5, 5.41) is 11.1. The van der Waals surface area contributed by atoms with E-state index in [1.807, 2.05) is 0 Å². The van der Waals surface area contributed by atoms with Crippen molar-refractivity contribution >= 4 is 11.9 Å². The van der Waals surface area contributed by atoms with Crippen LogP contribution in [0.15, 0.2) is 0 Å². The Morgan fingerprint density at radius 3 is 2.40 bits per heavy atom. The van der Waals surface area contributed by atoms with Crippen molar-refractivity contribution in [3.63, 3.8) is 0 Å². The molecule has 4 N–H and O–H groups in total. The third kappa shape index (κ3) is 2.92. The molecule has 0 aliphatic heterocycles. The molecule has 0 aromatic rings. The van der Waals surface area contributed by atoms with E-state index < -0.39 is 11.4 Å². The van der Waals surface area contributed by atoms with Gasteiger partial charge in [0.25, 0.3) is 0 Å². The van der Waals surface area contributed by atoms with E-state index in [9.17, 15) is 9.59 Å². The van der Waals surface area contributed by atoms with E-state index in [-0.39, 0.29) is 18.9 Å². The molecule has 0 unspecified atom stereocenters. The zero-order valence-electron chi connectivity index (χ0n) is 8.79. The minimum absolute atomic E-state index is 0.0353. The Bertz CT molecular complexity index is 247. The third-order valence-corrected chi connectivity index (χ3v) is 3.06. The number of nitrogens with one attached hydrogen (secondary N) is 1. The second kappa shape index (κ2) is 5.11. The summed E-state index contributed by atoms with van der Waals surface area (Å²) in [6.07, 6.45) is 3.67. The Morgan fingerprint density at radius 2 is 1.93 bits per heavy atom. The fourth-order valence-corrected chi connectivity index (χ4v) is 2.05. The zero-order chi connectivity index (χ0) is 11.3. The highest BCUT2D eigenvalue weighted by atomic mass is 16.4. The lowest BCUT2D eigenvalue weighted by Crippen LogP contribution is -2.44. The summed E-state index contributed by atoms with van der Waals surface area (Å²) in [6.45, 7) is 0.543. The summed E-state index contributed by atoms with van der Waals surface area (Å²) < 4.78 is 0. The van der Waals surface area contributed by atoms with E-state index in [0.717, 1.165) is 25.7 Å². The summed E-state index contributed by atoms with van der Waals surface area (Å²) in [4.78, 5) is 22.1. The lowest BCUT2D eigenvalue weighted by Gasteiger charge is -2.25. The fourth-order valence-electron chi connectivity index (χ4n) is 2.05. The number of nitrogens with two attached hydrogens (primary N) is 1. The number of amides is 1. The van der Waals surface area contributed by atoms with Gasteiger partial charge in [-0.05, 0) is 12.8 Å². The highest BCUT2D eigenvalue weighted by molar-refractivity contribution is 5.83. The SMILES string of the molecule is NCC1(C(=O)NCCC(=O)O)CCCC1. The second-order valence-corrected chi connectivity index (χ2v) is 4.09. The van der Waals surface area contributed by atoms with Crippen molar-refractivity contribution in [2.75, 3.05) is 13.1 Å². The van der Waals surface area contributed by atoms with Crippen LogP contribution in [0.2, 0.25) is 0 Å². The van der Waals surface area contributed by atoms with E-state index in [4.69, 9.17) is 10.8 Å². The van der Waals surface area contributed by atoms with Gasteiger partial charge in [-0.3, -0.25) is 9.59 Å². The lowest BCUT2D eigenvalue weighted by molar-refractivity contribution is -0.137. The number of hydrogen-bond donors (Lipinski definition) is 3. The number of carboxylic acid groups (broad SMARTS) is 1. The van der Waals surface area contributed by atoms with Crippen molar-refractivity contribution in [3.05, 3.63) is 0 Å². The summed E-state index contributed by atoms with van der Waals surface area (Å²) >= 11 is 0. The first kappa shape index (κ1) is 12.0. The minimum Gasteiger partial charge on any atom is -0.481 e. The van der Waals surface area contributed by atoms with Crippen molar-refractivity contribution in [2.24, 2.45) is 11.1 Å². The molecule has 1 amide bonds. The van der Waals surface area contributed by atoms with E-state index in [1.165, 1.54) is 0 Å². The molecule has 0 bridgehead atoms. The molecule has 0 aromatic heterocycles. The van der Waals surface area contributed by atoms with Crippen LogP contribution in [-0.4, -0.2) is 30.1 Å². The van der Waals surface area contributed by atoms with E-state index in [1.54, 1.807) is 0 Å². The smallest absolute Gasteiger partial charge is 0.305 e. The summed E-state index contributed by atoms with van der Waals surface area (Å²) in [5.74, 6) is -0.979. The first-order valence-corrected chi connectivity index (χ1v) is 5.31. The topological polar surface area (TPSA) is 92.4 Å². The Balaban J connectivity index is 2.40. The molecule has 0 aromatic carbocycles. The van der Waals surface area contributed by atoms with Gasteiger partial charge >= 0.3 is 5.97 Å². The van der Waals surface area contributed by atoms with Crippen LogP contribution in [0.5, 0.6) is 0 Å². The van der Waals surface area contributed by atoms with Gasteiger partial charge in [-0.1, -0.05) is 12.8 Å². The normalized spacial score (nSPS) is 18.7. The standard InChI is InChI=1S/C10H18N2O3/c11-7-10(4-1-2-5-10)9(15)12-6-3-8(13)14/h1-7,11H2,(H,12,15)(H,13,14). The van der Waals surface area contributed by atoms with Crippen molar-refractivity contribution in [3.8, 4) is 0 Å². The number of hydrogen-bond acceptors (Lipinski definition) is 3. The molecule has 1 saturated carbocycles. The third-order valence-electron chi connectivity index (χ3n) is 3.06. The molecule has 1 rings (SSSR count). The van der Waals surface area contributed by atoms with Gasteiger partial charge in [0.15, 0.2) is 0 Å². The Labute approximate surface area is 89.0 Å². The average molecular weight is 214 g/mol. The number of aliphatic carboxylic acids is 1. The molecule has 0 atom stereocenters. The molecular formula is C10H18N2O3. The van der Waals surface area contributed by atoms with Crippen LogP contribution in [0, 0.1) is 5.41 Å². The molecule has 1 fully saturated rings. The van der Waals surface area contributed by atoms with Gasteiger partial charge in [0.05, 0.1) is 11.8 Å². The van der Waals surface area contributed by atoms with Crippen LogP contribution in [0.1, 0.15) is 32.1 Å².